The van der Waals surface area contributed by atoms with Crippen molar-refractivity contribution in [3.05, 3.63) is 52.0 Å². The van der Waals surface area contributed by atoms with Crippen LogP contribution in [-0.4, -0.2) is 37.8 Å². The van der Waals surface area contributed by atoms with Crippen molar-refractivity contribution in [3.63, 3.8) is 0 Å². The number of halogens is 1. The largest absolute Gasteiger partial charge is 0.347 e. The van der Waals surface area contributed by atoms with Gasteiger partial charge < -0.3 is 10.6 Å². The molecule has 138 valence electrons. The molecule has 2 N–H and O–H groups in total. The van der Waals surface area contributed by atoms with Gasteiger partial charge in [0, 0.05) is 16.6 Å². The van der Waals surface area contributed by atoms with Crippen LogP contribution in [0.5, 0.6) is 0 Å². The third-order valence-corrected chi connectivity index (χ3v) is 6.65. The summed E-state index contributed by atoms with van der Waals surface area (Å²) >= 11 is 1.34. The van der Waals surface area contributed by atoms with Crippen LogP contribution in [0.1, 0.15) is 15.9 Å². The number of amides is 2. The summed E-state index contributed by atoms with van der Waals surface area (Å²) < 4.78 is 37.6. The highest BCUT2D eigenvalue weighted by Gasteiger charge is 2.42. The van der Waals surface area contributed by atoms with E-state index in [9.17, 15) is 22.4 Å². The fraction of sp³-hybridized carbons (Fsp3) is 0.294. The molecule has 3 rings (SSSR count). The number of benzene rings is 1. The van der Waals surface area contributed by atoms with Gasteiger partial charge in [0.05, 0.1) is 23.5 Å². The van der Waals surface area contributed by atoms with Crippen LogP contribution < -0.4 is 10.6 Å². The summed E-state index contributed by atoms with van der Waals surface area (Å²) in [6, 6.07) is 5.02. The molecule has 0 aliphatic carbocycles. The van der Waals surface area contributed by atoms with Gasteiger partial charge in [-0.1, -0.05) is 6.07 Å². The Labute approximate surface area is 154 Å². The van der Waals surface area contributed by atoms with E-state index in [0.29, 0.717) is 11.1 Å². The van der Waals surface area contributed by atoms with Gasteiger partial charge in [0.2, 0.25) is 5.91 Å². The number of thiophene rings is 1. The van der Waals surface area contributed by atoms with E-state index in [1.54, 1.807) is 29.8 Å². The lowest BCUT2D eigenvalue weighted by molar-refractivity contribution is -0.119. The van der Waals surface area contributed by atoms with Crippen molar-refractivity contribution in [2.24, 2.45) is 5.92 Å². The Hall–Kier alpha value is -2.26. The quantitative estimate of drug-likeness (QED) is 0.827. The van der Waals surface area contributed by atoms with Gasteiger partial charge in [0.1, 0.15) is 5.82 Å². The third kappa shape index (κ3) is 4.10. The van der Waals surface area contributed by atoms with Crippen LogP contribution in [-0.2, 0) is 14.6 Å². The lowest BCUT2D eigenvalue weighted by atomic mass is 10.0. The fourth-order valence-corrected chi connectivity index (χ4v) is 5.36. The average molecular weight is 396 g/mol. The number of rotatable bonds is 4. The van der Waals surface area contributed by atoms with E-state index in [0.717, 1.165) is 0 Å². The molecular weight excluding hydrogens is 379 g/mol. The van der Waals surface area contributed by atoms with Crippen molar-refractivity contribution in [3.8, 4) is 0 Å². The average Bonchev–Trinajstić information content (AvgIpc) is 3.18. The molecule has 2 atom stereocenters. The number of sulfone groups is 1. The number of aryl methyl sites for hydroxylation is 1. The maximum atomic E-state index is 13.6. The molecule has 1 aromatic heterocycles. The number of hydrogen-bond donors (Lipinski definition) is 2. The first-order valence-electron chi connectivity index (χ1n) is 7.86. The number of carbonyl (C=O) groups excluding carboxylic acids is 2. The summed E-state index contributed by atoms with van der Waals surface area (Å²) in [6.45, 7) is 1.60. The van der Waals surface area contributed by atoms with E-state index >= 15 is 0 Å². The molecule has 1 aromatic carbocycles. The molecule has 2 aromatic rings. The first-order chi connectivity index (χ1) is 12.2. The predicted octanol–water partition coefficient (Wildman–Crippen LogP) is 1.98. The Morgan fingerprint density at radius 1 is 1.23 bits per heavy atom. The predicted molar refractivity (Wildman–Crippen MR) is 97.5 cm³/mol. The molecule has 1 aliphatic heterocycles. The Bertz CT molecular complexity index is 942. The summed E-state index contributed by atoms with van der Waals surface area (Å²) in [5, 5.41) is 8.54. The maximum Gasteiger partial charge on any atom is 0.252 e. The number of carbonyl (C=O) groups is 2. The van der Waals surface area contributed by atoms with Crippen LogP contribution in [0, 0.1) is 18.7 Å². The maximum absolute atomic E-state index is 13.6. The molecular formula is C17H17FN2O4S2. The molecule has 1 aliphatic rings. The molecule has 6 nitrogen and oxygen atoms in total. The molecule has 9 heteroatoms. The minimum Gasteiger partial charge on any atom is -0.347 e. The smallest absolute Gasteiger partial charge is 0.252 e. The van der Waals surface area contributed by atoms with Gasteiger partial charge in [-0.05, 0) is 36.1 Å². The van der Waals surface area contributed by atoms with Gasteiger partial charge in [-0.2, -0.15) is 11.3 Å². The van der Waals surface area contributed by atoms with Crippen molar-refractivity contribution in [2.75, 3.05) is 16.8 Å². The molecule has 0 unspecified atom stereocenters. The zero-order chi connectivity index (χ0) is 18.9. The molecule has 0 spiro atoms. The van der Waals surface area contributed by atoms with Gasteiger partial charge >= 0.3 is 0 Å². The molecule has 1 saturated heterocycles. The molecule has 2 amide bonds. The van der Waals surface area contributed by atoms with E-state index < -0.39 is 39.4 Å². The van der Waals surface area contributed by atoms with Gasteiger partial charge in [0.25, 0.3) is 5.91 Å². The zero-order valence-electron chi connectivity index (χ0n) is 13.9. The number of nitrogens with one attached hydrogen (secondary N) is 2. The van der Waals surface area contributed by atoms with Crippen molar-refractivity contribution in [1.82, 2.24) is 5.32 Å². The van der Waals surface area contributed by atoms with Crippen molar-refractivity contribution >= 4 is 38.7 Å². The van der Waals surface area contributed by atoms with Gasteiger partial charge in [-0.15, -0.1) is 0 Å². The molecule has 1 fully saturated rings. The topological polar surface area (TPSA) is 92.3 Å². The first kappa shape index (κ1) is 18.5. The number of hydrogen-bond acceptors (Lipinski definition) is 5. The summed E-state index contributed by atoms with van der Waals surface area (Å²) in [7, 11) is -3.46. The van der Waals surface area contributed by atoms with E-state index in [1.807, 2.05) is 0 Å². The van der Waals surface area contributed by atoms with E-state index in [-0.39, 0.29) is 17.2 Å². The third-order valence-electron chi connectivity index (χ3n) is 4.23. The van der Waals surface area contributed by atoms with Gasteiger partial charge in [0.15, 0.2) is 9.84 Å². The minimum atomic E-state index is -3.46. The monoisotopic (exact) mass is 396 g/mol. The summed E-state index contributed by atoms with van der Waals surface area (Å²) in [6.07, 6.45) is 0. The Morgan fingerprint density at radius 2 is 2.00 bits per heavy atom. The Morgan fingerprint density at radius 3 is 2.65 bits per heavy atom. The lowest BCUT2D eigenvalue weighted by Gasteiger charge is -2.19. The van der Waals surface area contributed by atoms with Crippen LogP contribution in [0.2, 0.25) is 0 Å². The second-order valence-electron chi connectivity index (χ2n) is 6.23. The van der Waals surface area contributed by atoms with Crippen LogP contribution in [0.3, 0.4) is 0 Å². The van der Waals surface area contributed by atoms with E-state index in [1.165, 1.54) is 23.5 Å². The van der Waals surface area contributed by atoms with Crippen LogP contribution in [0.4, 0.5) is 10.1 Å². The van der Waals surface area contributed by atoms with Crippen molar-refractivity contribution in [2.45, 2.75) is 13.0 Å². The van der Waals surface area contributed by atoms with Crippen LogP contribution in [0.15, 0.2) is 35.0 Å². The van der Waals surface area contributed by atoms with Crippen LogP contribution in [0.25, 0.3) is 0 Å². The summed E-state index contributed by atoms with van der Waals surface area (Å²) in [5.41, 5.74) is 1.09. The SMILES string of the molecule is Cc1ccc(NC(=O)[C@@H]2CS(=O)(=O)C[C@H]2NC(=O)c2ccsc2)cc1F. The minimum absolute atomic E-state index is 0.241. The zero-order valence-corrected chi connectivity index (χ0v) is 15.5. The second-order valence-corrected chi connectivity index (χ2v) is 9.16. The van der Waals surface area contributed by atoms with Gasteiger partial charge in [-0.25, -0.2) is 12.8 Å². The molecule has 0 saturated carbocycles. The Balaban J connectivity index is 1.75. The highest BCUT2D eigenvalue weighted by Crippen LogP contribution is 2.23. The summed E-state index contributed by atoms with van der Waals surface area (Å²) in [4.78, 5) is 24.7. The lowest BCUT2D eigenvalue weighted by Crippen LogP contribution is -2.44. The van der Waals surface area contributed by atoms with Gasteiger partial charge in [-0.3, -0.25) is 9.59 Å². The highest BCUT2D eigenvalue weighted by molar-refractivity contribution is 7.91. The molecule has 2 heterocycles. The van der Waals surface area contributed by atoms with Crippen molar-refractivity contribution < 1.29 is 22.4 Å². The fourth-order valence-electron chi connectivity index (χ4n) is 2.80. The highest BCUT2D eigenvalue weighted by atomic mass is 32.2. The van der Waals surface area contributed by atoms with E-state index in [2.05, 4.69) is 10.6 Å². The van der Waals surface area contributed by atoms with Crippen molar-refractivity contribution in [1.29, 1.82) is 0 Å². The summed E-state index contributed by atoms with van der Waals surface area (Å²) in [5.74, 6) is -3.06. The normalized spacial score (nSPS) is 21.3. The molecule has 26 heavy (non-hydrogen) atoms. The number of anilines is 1. The standard InChI is InChI=1S/C17H17FN2O4S2/c1-10-2-3-12(6-14(10)18)19-17(22)13-8-26(23,24)9-15(13)20-16(21)11-4-5-25-7-11/h2-7,13,15H,8-9H2,1H3,(H,19,22)(H,20,21)/t13-,15-/m1/s1. The molecule has 0 radical (unpaired) electrons. The van der Waals surface area contributed by atoms with Crippen LogP contribution >= 0.6 is 11.3 Å². The Kier molecular flexibility index (Phi) is 5.10. The first-order valence-corrected chi connectivity index (χ1v) is 10.6. The molecule has 0 bridgehead atoms. The second kappa shape index (κ2) is 7.16. The van der Waals surface area contributed by atoms with E-state index in [4.69, 9.17) is 0 Å².